The maximum Gasteiger partial charge on any atom is 0.265 e. The molecule has 7 nitrogen and oxygen atoms in total. The molecule has 154 valence electrons. The normalized spacial score (nSPS) is 15.1. The molecule has 0 saturated heterocycles. The Morgan fingerprint density at radius 2 is 1.87 bits per heavy atom. The number of benzene rings is 2. The molecular weight excluding hydrogens is 382 g/mol. The summed E-state index contributed by atoms with van der Waals surface area (Å²) in [7, 11) is 1.63. The van der Waals surface area contributed by atoms with Crippen LogP contribution >= 0.6 is 0 Å². The van der Waals surface area contributed by atoms with Gasteiger partial charge in [-0.15, -0.1) is 0 Å². The van der Waals surface area contributed by atoms with Crippen LogP contribution in [0, 0.1) is 13.8 Å². The van der Waals surface area contributed by atoms with Gasteiger partial charge in [0.05, 0.1) is 18.4 Å². The largest absolute Gasteiger partial charge is 0.497 e. The number of nitrogens with zero attached hydrogens (tertiary/aromatic N) is 1. The number of aromatic nitrogens is 1. The zero-order chi connectivity index (χ0) is 21.4. The van der Waals surface area contributed by atoms with Crippen LogP contribution in [0.3, 0.4) is 0 Å². The summed E-state index contributed by atoms with van der Waals surface area (Å²) in [6, 6.07) is 14.7. The second kappa shape index (κ2) is 7.59. The molecule has 0 spiro atoms. The third-order valence-electron chi connectivity index (χ3n) is 5.17. The van der Waals surface area contributed by atoms with Crippen LogP contribution in [0.25, 0.3) is 5.69 Å². The van der Waals surface area contributed by atoms with E-state index in [1.807, 2.05) is 48.7 Å². The van der Waals surface area contributed by atoms with Crippen LogP contribution in [0.4, 0.5) is 11.4 Å². The fraction of sp³-hybridized carbons (Fsp3) is 0.217. The number of methoxy groups -OCH3 is 1. The van der Waals surface area contributed by atoms with Crippen molar-refractivity contribution >= 4 is 23.2 Å². The highest BCUT2D eigenvalue weighted by molar-refractivity contribution is 6.06. The smallest absolute Gasteiger partial charge is 0.265 e. The van der Waals surface area contributed by atoms with E-state index in [4.69, 9.17) is 9.47 Å². The van der Waals surface area contributed by atoms with Gasteiger partial charge >= 0.3 is 0 Å². The minimum atomic E-state index is -0.540. The number of carbonyl (C=O) groups is 2. The summed E-state index contributed by atoms with van der Waals surface area (Å²) in [5, 5.41) is 5.70. The van der Waals surface area contributed by atoms with Gasteiger partial charge in [0.2, 0.25) is 0 Å². The van der Waals surface area contributed by atoms with Gasteiger partial charge in [-0.2, -0.15) is 0 Å². The van der Waals surface area contributed by atoms with Gasteiger partial charge in [0.1, 0.15) is 11.5 Å². The molecule has 1 atom stereocenters. The lowest BCUT2D eigenvalue weighted by Crippen LogP contribution is -2.34. The number of hydrogen-bond donors (Lipinski definition) is 2. The van der Waals surface area contributed by atoms with E-state index in [1.165, 1.54) is 0 Å². The van der Waals surface area contributed by atoms with Gasteiger partial charge in [-0.25, -0.2) is 0 Å². The molecule has 1 aromatic heterocycles. The zero-order valence-electron chi connectivity index (χ0n) is 17.3. The third-order valence-corrected chi connectivity index (χ3v) is 5.17. The fourth-order valence-electron chi connectivity index (χ4n) is 3.61. The fourth-order valence-corrected chi connectivity index (χ4v) is 3.61. The molecule has 0 saturated carbocycles. The first kappa shape index (κ1) is 19.6. The summed E-state index contributed by atoms with van der Waals surface area (Å²) in [5.41, 5.74) is 4.43. The zero-order valence-corrected chi connectivity index (χ0v) is 17.3. The van der Waals surface area contributed by atoms with Gasteiger partial charge in [0.25, 0.3) is 11.8 Å². The Bertz CT molecular complexity index is 1130. The standard InChI is InChI=1S/C23H23N3O4/c1-13-11-19(14(2)26(13)17-6-8-18(29-4)9-7-17)23(28)24-16-5-10-21-20(12-16)25-22(27)15(3)30-21/h5-12,15H,1-4H3,(H,24,28)(H,25,27). The lowest BCUT2D eigenvalue weighted by Gasteiger charge is -2.23. The molecule has 2 heterocycles. The molecular formula is C23H23N3O4. The molecule has 1 unspecified atom stereocenters. The Balaban J connectivity index is 1.59. The average Bonchev–Trinajstić information content (AvgIpc) is 3.03. The van der Waals surface area contributed by atoms with Gasteiger partial charge in [-0.3, -0.25) is 9.59 Å². The van der Waals surface area contributed by atoms with E-state index in [1.54, 1.807) is 32.2 Å². The first-order chi connectivity index (χ1) is 14.4. The van der Waals surface area contributed by atoms with Crippen molar-refractivity contribution in [3.05, 3.63) is 65.5 Å². The summed E-state index contributed by atoms with van der Waals surface area (Å²) in [6.45, 7) is 5.56. The summed E-state index contributed by atoms with van der Waals surface area (Å²) in [6.07, 6.45) is -0.540. The number of hydrogen-bond acceptors (Lipinski definition) is 4. The number of aryl methyl sites for hydroxylation is 1. The molecule has 3 aromatic rings. The second-order valence-corrected chi connectivity index (χ2v) is 7.23. The van der Waals surface area contributed by atoms with Crippen molar-refractivity contribution in [3.63, 3.8) is 0 Å². The van der Waals surface area contributed by atoms with Crippen molar-refractivity contribution in [3.8, 4) is 17.2 Å². The Labute approximate surface area is 174 Å². The highest BCUT2D eigenvalue weighted by atomic mass is 16.5. The van der Waals surface area contributed by atoms with Crippen LogP contribution in [0.2, 0.25) is 0 Å². The van der Waals surface area contributed by atoms with Gasteiger partial charge in [0.15, 0.2) is 6.10 Å². The number of ether oxygens (including phenoxy) is 2. The lowest BCUT2D eigenvalue weighted by atomic mass is 10.2. The summed E-state index contributed by atoms with van der Waals surface area (Å²) < 4.78 is 12.8. The molecule has 30 heavy (non-hydrogen) atoms. The topological polar surface area (TPSA) is 81.6 Å². The van der Waals surface area contributed by atoms with Crippen molar-refractivity contribution in [2.75, 3.05) is 17.7 Å². The van der Waals surface area contributed by atoms with Crippen molar-refractivity contribution in [2.24, 2.45) is 0 Å². The first-order valence-corrected chi connectivity index (χ1v) is 9.63. The molecule has 0 radical (unpaired) electrons. The third kappa shape index (κ3) is 3.50. The van der Waals surface area contributed by atoms with E-state index in [-0.39, 0.29) is 11.8 Å². The minimum Gasteiger partial charge on any atom is -0.497 e. The van der Waals surface area contributed by atoms with E-state index in [9.17, 15) is 9.59 Å². The summed E-state index contributed by atoms with van der Waals surface area (Å²) >= 11 is 0. The maximum atomic E-state index is 13.0. The number of nitrogens with one attached hydrogen (secondary N) is 2. The van der Waals surface area contributed by atoms with E-state index < -0.39 is 6.10 Å². The molecule has 1 aliphatic rings. The van der Waals surface area contributed by atoms with E-state index in [0.717, 1.165) is 22.8 Å². The van der Waals surface area contributed by atoms with Crippen LogP contribution in [0.1, 0.15) is 28.7 Å². The predicted molar refractivity (Wildman–Crippen MR) is 115 cm³/mol. The first-order valence-electron chi connectivity index (χ1n) is 9.63. The number of anilines is 2. The Morgan fingerprint density at radius 1 is 1.13 bits per heavy atom. The van der Waals surface area contributed by atoms with Gasteiger partial charge < -0.3 is 24.7 Å². The molecule has 0 aliphatic carbocycles. The quantitative estimate of drug-likeness (QED) is 0.685. The SMILES string of the molecule is COc1ccc(-n2c(C)cc(C(=O)Nc3ccc4c(c3)NC(=O)C(C)O4)c2C)cc1. The van der Waals surface area contributed by atoms with Gasteiger partial charge in [-0.05, 0) is 69.3 Å². The molecule has 2 aromatic carbocycles. The van der Waals surface area contributed by atoms with Crippen LogP contribution < -0.4 is 20.1 Å². The van der Waals surface area contributed by atoms with Crippen LogP contribution in [-0.2, 0) is 4.79 Å². The van der Waals surface area contributed by atoms with Crippen LogP contribution in [0.15, 0.2) is 48.5 Å². The Morgan fingerprint density at radius 3 is 2.57 bits per heavy atom. The maximum absolute atomic E-state index is 13.0. The molecule has 7 heteroatoms. The van der Waals surface area contributed by atoms with Crippen LogP contribution in [-0.4, -0.2) is 29.6 Å². The molecule has 4 rings (SSSR count). The lowest BCUT2D eigenvalue weighted by molar-refractivity contribution is -0.122. The number of rotatable bonds is 4. The molecule has 0 bridgehead atoms. The molecule has 2 amide bonds. The van der Waals surface area contributed by atoms with E-state index >= 15 is 0 Å². The van der Waals surface area contributed by atoms with Gasteiger partial charge in [0, 0.05) is 22.8 Å². The van der Waals surface area contributed by atoms with Crippen molar-refractivity contribution in [1.29, 1.82) is 0 Å². The van der Waals surface area contributed by atoms with Gasteiger partial charge in [-0.1, -0.05) is 0 Å². The van der Waals surface area contributed by atoms with Crippen molar-refractivity contribution < 1.29 is 19.1 Å². The number of fused-ring (bicyclic) bond motifs is 1. The second-order valence-electron chi connectivity index (χ2n) is 7.23. The van der Waals surface area contributed by atoms with E-state index in [0.29, 0.717) is 22.7 Å². The molecule has 0 fully saturated rings. The summed E-state index contributed by atoms with van der Waals surface area (Å²) in [4.78, 5) is 24.8. The average molecular weight is 405 g/mol. The van der Waals surface area contributed by atoms with Crippen LogP contribution in [0.5, 0.6) is 11.5 Å². The monoisotopic (exact) mass is 405 g/mol. The van der Waals surface area contributed by atoms with E-state index in [2.05, 4.69) is 10.6 Å². The number of carbonyl (C=O) groups excluding carboxylic acids is 2. The summed E-state index contributed by atoms with van der Waals surface area (Å²) in [5.74, 6) is 0.920. The van der Waals surface area contributed by atoms with Crippen molar-refractivity contribution in [1.82, 2.24) is 4.57 Å². The van der Waals surface area contributed by atoms with Crippen molar-refractivity contribution in [2.45, 2.75) is 26.9 Å². The minimum absolute atomic E-state index is 0.214. The Kier molecular flexibility index (Phi) is 4.95. The predicted octanol–water partition coefficient (Wildman–Crippen LogP) is 4.07. The highest BCUT2D eigenvalue weighted by Crippen LogP contribution is 2.32. The number of amides is 2. The highest BCUT2D eigenvalue weighted by Gasteiger charge is 2.24. The molecule has 1 aliphatic heterocycles. The Hall–Kier alpha value is -3.74. The molecule has 2 N–H and O–H groups in total.